The van der Waals surface area contributed by atoms with Crippen LogP contribution >= 0.6 is 0 Å². The minimum Gasteiger partial charge on any atom is -0.481 e. The summed E-state index contributed by atoms with van der Waals surface area (Å²) in [6.07, 6.45) is 3.43. The maximum absolute atomic E-state index is 11.7. The van der Waals surface area contributed by atoms with Gasteiger partial charge in [0.1, 0.15) is 0 Å². The Labute approximate surface area is 95.6 Å². The van der Waals surface area contributed by atoms with Crippen molar-refractivity contribution in [2.75, 3.05) is 6.54 Å². The molecule has 1 rings (SSSR count). The average Bonchev–Trinajstić information content (AvgIpc) is 2.69. The number of aliphatic carboxylic acids is 1. The molecule has 5 heteroatoms. The lowest BCUT2D eigenvalue weighted by molar-refractivity contribution is -0.137. The SMILES string of the molecule is CC(CCCC(=O)O)NC(=O)[C@@H]1CCCN1. The summed E-state index contributed by atoms with van der Waals surface area (Å²) < 4.78 is 0. The molecule has 0 aromatic rings. The number of carbonyl (C=O) groups is 2. The molecule has 5 nitrogen and oxygen atoms in total. The van der Waals surface area contributed by atoms with Crippen LogP contribution in [0.15, 0.2) is 0 Å². The molecule has 16 heavy (non-hydrogen) atoms. The summed E-state index contributed by atoms with van der Waals surface area (Å²) in [5.41, 5.74) is 0. The van der Waals surface area contributed by atoms with Crippen molar-refractivity contribution >= 4 is 11.9 Å². The van der Waals surface area contributed by atoms with Gasteiger partial charge < -0.3 is 15.7 Å². The summed E-state index contributed by atoms with van der Waals surface area (Å²) in [6, 6.07) is -0.00354. The Morgan fingerprint density at radius 3 is 2.88 bits per heavy atom. The summed E-state index contributed by atoms with van der Waals surface area (Å²) >= 11 is 0. The summed E-state index contributed by atoms with van der Waals surface area (Å²) in [7, 11) is 0. The molecule has 3 N–H and O–H groups in total. The van der Waals surface area contributed by atoms with E-state index in [-0.39, 0.29) is 24.4 Å². The van der Waals surface area contributed by atoms with Gasteiger partial charge in [-0.05, 0) is 39.2 Å². The lowest BCUT2D eigenvalue weighted by atomic mass is 10.1. The van der Waals surface area contributed by atoms with Gasteiger partial charge in [-0.15, -0.1) is 0 Å². The van der Waals surface area contributed by atoms with E-state index in [9.17, 15) is 9.59 Å². The van der Waals surface area contributed by atoms with E-state index >= 15 is 0 Å². The van der Waals surface area contributed by atoms with Gasteiger partial charge in [-0.1, -0.05) is 0 Å². The first kappa shape index (κ1) is 13.0. The smallest absolute Gasteiger partial charge is 0.303 e. The number of nitrogens with one attached hydrogen (secondary N) is 2. The maximum atomic E-state index is 11.7. The van der Waals surface area contributed by atoms with Crippen molar-refractivity contribution in [3.63, 3.8) is 0 Å². The number of carboxylic acid groups (broad SMARTS) is 1. The summed E-state index contributed by atoms with van der Waals surface area (Å²) in [5.74, 6) is -0.740. The molecular formula is C11H20N2O3. The van der Waals surface area contributed by atoms with Crippen molar-refractivity contribution in [1.82, 2.24) is 10.6 Å². The number of hydrogen-bond acceptors (Lipinski definition) is 3. The zero-order chi connectivity index (χ0) is 12.0. The fourth-order valence-corrected chi connectivity index (χ4v) is 1.88. The van der Waals surface area contributed by atoms with Crippen molar-refractivity contribution < 1.29 is 14.7 Å². The second-order valence-electron chi connectivity index (χ2n) is 4.34. The molecule has 0 aromatic heterocycles. The minimum atomic E-state index is -0.781. The van der Waals surface area contributed by atoms with Gasteiger partial charge in [0.05, 0.1) is 6.04 Å². The Kier molecular flexibility index (Phi) is 5.25. The van der Waals surface area contributed by atoms with Crippen LogP contribution in [0.25, 0.3) is 0 Å². The second-order valence-corrected chi connectivity index (χ2v) is 4.34. The number of hydrogen-bond donors (Lipinski definition) is 3. The van der Waals surface area contributed by atoms with Crippen molar-refractivity contribution in [2.45, 2.75) is 51.1 Å². The van der Waals surface area contributed by atoms with Crippen LogP contribution in [-0.2, 0) is 9.59 Å². The lowest BCUT2D eigenvalue weighted by Gasteiger charge is -2.16. The molecule has 1 amide bonds. The second kappa shape index (κ2) is 6.48. The highest BCUT2D eigenvalue weighted by Gasteiger charge is 2.22. The fraction of sp³-hybridized carbons (Fsp3) is 0.818. The molecule has 0 aromatic carbocycles. The van der Waals surface area contributed by atoms with Gasteiger partial charge in [-0.2, -0.15) is 0 Å². The first-order chi connectivity index (χ1) is 7.59. The zero-order valence-electron chi connectivity index (χ0n) is 9.66. The number of rotatable bonds is 6. The van der Waals surface area contributed by atoms with Crippen LogP contribution in [0.3, 0.4) is 0 Å². The van der Waals surface area contributed by atoms with E-state index in [2.05, 4.69) is 10.6 Å². The van der Waals surface area contributed by atoms with Crippen molar-refractivity contribution in [2.24, 2.45) is 0 Å². The predicted octanol–water partition coefficient (Wildman–Crippen LogP) is 0.498. The molecule has 2 atom stereocenters. The zero-order valence-corrected chi connectivity index (χ0v) is 9.66. The predicted molar refractivity (Wildman–Crippen MR) is 60.1 cm³/mol. The highest BCUT2D eigenvalue weighted by atomic mass is 16.4. The highest BCUT2D eigenvalue weighted by molar-refractivity contribution is 5.82. The van der Waals surface area contributed by atoms with Gasteiger partial charge in [0.2, 0.25) is 5.91 Å². The van der Waals surface area contributed by atoms with Crippen LogP contribution in [0.2, 0.25) is 0 Å². The number of carbonyl (C=O) groups excluding carboxylic acids is 1. The van der Waals surface area contributed by atoms with E-state index in [0.717, 1.165) is 19.4 Å². The molecule has 92 valence electrons. The van der Waals surface area contributed by atoms with Gasteiger partial charge in [-0.25, -0.2) is 0 Å². The molecule has 1 unspecified atom stereocenters. The molecule has 0 bridgehead atoms. The van der Waals surface area contributed by atoms with Crippen LogP contribution < -0.4 is 10.6 Å². The molecule has 0 aliphatic carbocycles. The normalized spacial score (nSPS) is 21.7. The Bertz CT molecular complexity index is 250. The van der Waals surface area contributed by atoms with Gasteiger partial charge in [0.15, 0.2) is 0 Å². The lowest BCUT2D eigenvalue weighted by Crippen LogP contribution is -2.44. The highest BCUT2D eigenvalue weighted by Crippen LogP contribution is 2.06. The van der Waals surface area contributed by atoms with Crippen LogP contribution in [0.1, 0.15) is 39.0 Å². The average molecular weight is 228 g/mol. The molecule has 1 saturated heterocycles. The van der Waals surface area contributed by atoms with E-state index in [1.165, 1.54) is 0 Å². The van der Waals surface area contributed by atoms with E-state index < -0.39 is 5.97 Å². The van der Waals surface area contributed by atoms with Crippen LogP contribution in [0.4, 0.5) is 0 Å². The molecule has 1 heterocycles. The molecule has 0 saturated carbocycles. The fourth-order valence-electron chi connectivity index (χ4n) is 1.88. The van der Waals surface area contributed by atoms with Crippen molar-refractivity contribution in [3.8, 4) is 0 Å². The summed E-state index contributed by atoms with van der Waals surface area (Å²) in [6.45, 7) is 2.82. The largest absolute Gasteiger partial charge is 0.481 e. The third-order valence-corrected chi connectivity index (χ3v) is 2.79. The molecule has 1 fully saturated rings. The Balaban J connectivity index is 2.14. The topological polar surface area (TPSA) is 78.4 Å². The number of amides is 1. The van der Waals surface area contributed by atoms with Crippen LogP contribution in [0.5, 0.6) is 0 Å². The van der Waals surface area contributed by atoms with Gasteiger partial charge in [-0.3, -0.25) is 9.59 Å². The molecule has 1 aliphatic heterocycles. The Hall–Kier alpha value is -1.10. The molecule has 1 aliphatic rings. The van der Waals surface area contributed by atoms with Crippen molar-refractivity contribution in [1.29, 1.82) is 0 Å². The third-order valence-electron chi connectivity index (χ3n) is 2.79. The molecule has 0 spiro atoms. The number of carboxylic acids is 1. The molecule has 0 radical (unpaired) electrons. The van der Waals surface area contributed by atoms with Gasteiger partial charge >= 0.3 is 5.97 Å². The van der Waals surface area contributed by atoms with E-state index in [1.54, 1.807) is 0 Å². The molecular weight excluding hydrogens is 208 g/mol. The summed E-state index contributed by atoms with van der Waals surface area (Å²) in [4.78, 5) is 22.0. The standard InChI is InChI=1S/C11H20N2O3/c1-8(4-2-6-10(14)15)13-11(16)9-5-3-7-12-9/h8-9,12H,2-7H2,1H3,(H,13,16)(H,14,15)/t8?,9-/m0/s1. The van der Waals surface area contributed by atoms with Gasteiger partial charge in [0.25, 0.3) is 0 Å². The van der Waals surface area contributed by atoms with E-state index in [4.69, 9.17) is 5.11 Å². The first-order valence-corrected chi connectivity index (χ1v) is 5.85. The third kappa shape index (κ3) is 4.61. The van der Waals surface area contributed by atoms with E-state index in [0.29, 0.717) is 12.8 Å². The minimum absolute atomic E-state index is 0.0420. The van der Waals surface area contributed by atoms with Crippen LogP contribution in [0, 0.1) is 0 Å². The summed E-state index contributed by atoms with van der Waals surface area (Å²) in [5, 5.41) is 14.5. The maximum Gasteiger partial charge on any atom is 0.303 e. The monoisotopic (exact) mass is 228 g/mol. The Morgan fingerprint density at radius 1 is 1.56 bits per heavy atom. The van der Waals surface area contributed by atoms with Crippen LogP contribution in [-0.4, -0.2) is 35.6 Å². The quantitative estimate of drug-likeness (QED) is 0.618. The van der Waals surface area contributed by atoms with Gasteiger partial charge in [0, 0.05) is 12.5 Å². The Morgan fingerprint density at radius 2 is 2.31 bits per heavy atom. The first-order valence-electron chi connectivity index (χ1n) is 5.85. The van der Waals surface area contributed by atoms with Crippen molar-refractivity contribution in [3.05, 3.63) is 0 Å². The van der Waals surface area contributed by atoms with E-state index in [1.807, 2.05) is 6.92 Å².